The first-order chi connectivity index (χ1) is 16.2. The number of anilines is 1. The number of halogens is 2. The molecule has 2 aromatic carbocycles. The van der Waals surface area contributed by atoms with Gasteiger partial charge in [0.1, 0.15) is 17.2 Å². The second-order valence-electron chi connectivity index (χ2n) is 8.57. The van der Waals surface area contributed by atoms with E-state index in [1.807, 2.05) is 11.8 Å². The van der Waals surface area contributed by atoms with Crippen LogP contribution < -0.4 is 15.6 Å². The van der Waals surface area contributed by atoms with Crippen molar-refractivity contribution in [2.45, 2.75) is 19.5 Å². The van der Waals surface area contributed by atoms with Crippen LogP contribution in [0.25, 0.3) is 11.0 Å². The largest absolute Gasteiger partial charge is 0.440 e. The lowest BCUT2D eigenvalue weighted by Crippen LogP contribution is -2.36. The van der Waals surface area contributed by atoms with E-state index in [4.69, 9.17) is 9.15 Å². The van der Waals surface area contributed by atoms with Crippen molar-refractivity contribution in [2.75, 3.05) is 45.3 Å². The minimum Gasteiger partial charge on any atom is -0.440 e. The second-order valence-corrected chi connectivity index (χ2v) is 8.57. The molecule has 9 heteroatoms. The van der Waals surface area contributed by atoms with Crippen molar-refractivity contribution in [2.24, 2.45) is 0 Å². The number of carbonyl (C=O) groups excluding carboxylic acids is 1. The van der Waals surface area contributed by atoms with Crippen molar-refractivity contribution in [1.82, 2.24) is 10.2 Å². The summed E-state index contributed by atoms with van der Waals surface area (Å²) in [6.45, 7) is 4.28. The zero-order chi connectivity index (χ0) is 24.4. The number of carbonyl (C=O) groups is 1. The van der Waals surface area contributed by atoms with Crippen molar-refractivity contribution >= 4 is 22.8 Å². The van der Waals surface area contributed by atoms with Crippen LogP contribution in [-0.4, -0.2) is 51.2 Å². The van der Waals surface area contributed by atoms with Crippen LogP contribution in [0.3, 0.4) is 0 Å². The molecule has 1 fully saturated rings. The Labute approximate surface area is 195 Å². The zero-order valence-corrected chi connectivity index (χ0v) is 19.4. The Balaban J connectivity index is 1.76. The molecule has 1 amide bonds. The van der Waals surface area contributed by atoms with Gasteiger partial charge in [-0.05, 0) is 36.8 Å². The van der Waals surface area contributed by atoms with Gasteiger partial charge in [-0.2, -0.15) is 0 Å². The predicted octanol–water partition coefficient (Wildman–Crippen LogP) is 3.46. The summed E-state index contributed by atoms with van der Waals surface area (Å²) in [4.78, 5) is 29.2. The highest BCUT2D eigenvalue weighted by atomic mass is 19.1. The highest BCUT2D eigenvalue weighted by molar-refractivity contribution is 5.98. The molecule has 180 valence electrons. The quantitative estimate of drug-likeness (QED) is 0.594. The molecule has 1 saturated heterocycles. The van der Waals surface area contributed by atoms with Gasteiger partial charge >= 0.3 is 0 Å². The van der Waals surface area contributed by atoms with Gasteiger partial charge in [0.2, 0.25) is 0 Å². The molecule has 0 spiro atoms. The lowest BCUT2D eigenvalue weighted by atomic mass is 10.00. The summed E-state index contributed by atoms with van der Waals surface area (Å²) in [7, 11) is 3.27. The summed E-state index contributed by atoms with van der Waals surface area (Å²) in [5, 5.41) is 3.52. The molecule has 1 N–H and O–H groups in total. The van der Waals surface area contributed by atoms with Crippen molar-refractivity contribution in [1.29, 1.82) is 0 Å². The fourth-order valence-electron chi connectivity index (χ4n) is 4.01. The van der Waals surface area contributed by atoms with E-state index in [9.17, 15) is 18.4 Å². The SMILES string of the molecule is C[C@H](NCc1cc(F)cc(F)c1)c1cc(C(=O)N(C)C)cc2c(=O)cc(N3CCOCC3)oc12. The Kier molecular flexibility index (Phi) is 6.95. The summed E-state index contributed by atoms with van der Waals surface area (Å²) < 4.78 is 38.8. The third-order valence-electron chi connectivity index (χ3n) is 5.82. The maximum atomic E-state index is 13.6. The minimum absolute atomic E-state index is 0.177. The number of nitrogens with one attached hydrogen (secondary N) is 1. The first kappa shape index (κ1) is 23.8. The lowest BCUT2D eigenvalue weighted by Gasteiger charge is -2.27. The zero-order valence-electron chi connectivity index (χ0n) is 19.4. The van der Waals surface area contributed by atoms with Crippen LogP contribution in [-0.2, 0) is 11.3 Å². The van der Waals surface area contributed by atoms with Crippen LogP contribution in [0.2, 0.25) is 0 Å². The Hall–Kier alpha value is -3.30. The smallest absolute Gasteiger partial charge is 0.253 e. The third kappa shape index (κ3) is 5.10. The van der Waals surface area contributed by atoms with E-state index < -0.39 is 17.7 Å². The Bertz CT molecular complexity index is 1250. The number of hydrogen-bond acceptors (Lipinski definition) is 6. The summed E-state index contributed by atoms with van der Waals surface area (Å²) >= 11 is 0. The Morgan fingerprint density at radius 1 is 1.09 bits per heavy atom. The molecule has 4 rings (SSSR count). The molecule has 1 atom stereocenters. The highest BCUT2D eigenvalue weighted by Gasteiger charge is 2.22. The van der Waals surface area contributed by atoms with Crippen molar-refractivity contribution in [3.8, 4) is 0 Å². The van der Waals surface area contributed by atoms with Crippen molar-refractivity contribution in [3.05, 3.63) is 74.9 Å². The molecule has 0 unspecified atom stereocenters. The van der Waals surface area contributed by atoms with Gasteiger partial charge in [0.15, 0.2) is 11.3 Å². The molecule has 1 aliphatic rings. The molecule has 2 heterocycles. The van der Waals surface area contributed by atoms with Gasteiger partial charge in [-0.1, -0.05) is 0 Å². The molecular formula is C25H27F2N3O4. The van der Waals surface area contributed by atoms with E-state index in [2.05, 4.69) is 5.32 Å². The Morgan fingerprint density at radius 2 is 1.76 bits per heavy atom. The number of hydrogen-bond donors (Lipinski definition) is 1. The molecule has 0 radical (unpaired) electrons. The Morgan fingerprint density at radius 3 is 2.41 bits per heavy atom. The lowest BCUT2D eigenvalue weighted by molar-refractivity contribution is 0.0827. The molecule has 0 saturated carbocycles. The molecule has 7 nitrogen and oxygen atoms in total. The van der Waals surface area contributed by atoms with Crippen LogP contribution in [0, 0.1) is 11.6 Å². The number of rotatable bonds is 6. The maximum Gasteiger partial charge on any atom is 0.253 e. The molecule has 1 aromatic heterocycles. The fraction of sp³-hybridized carbons (Fsp3) is 0.360. The molecule has 0 bridgehead atoms. The van der Waals surface area contributed by atoms with Gasteiger partial charge in [-0.25, -0.2) is 8.78 Å². The minimum atomic E-state index is -0.658. The second kappa shape index (κ2) is 9.90. The monoisotopic (exact) mass is 471 g/mol. The van der Waals surface area contributed by atoms with E-state index in [0.29, 0.717) is 59.8 Å². The summed E-state index contributed by atoms with van der Waals surface area (Å²) in [6.07, 6.45) is 0. The fourth-order valence-corrected chi connectivity index (χ4v) is 4.01. The average molecular weight is 472 g/mol. The van der Waals surface area contributed by atoms with Gasteiger partial charge in [0.05, 0.1) is 18.6 Å². The van der Waals surface area contributed by atoms with Gasteiger partial charge in [-0.15, -0.1) is 0 Å². The van der Waals surface area contributed by atoms with Crippen LogP contribution in [0.5, 0.6) is 0 Å². The molecule has 34 heavy (non-hydrogen) atoms. The van der Waals surface area contributed by atoms with E-state index >= 15 is 0 Å². The molecular weight excluding hydrogens is 444 g/mol. The van der Waals surface area contributed by atoms with E-state index in [1.54, 1.807) is 26.2 Å². The molecule has 3 aromatic rings. The normalized spacial score (nSPS) is 14.9. The van der Waals surface area contributed by atoms with Crippen molar-refractivity contribution in [3.63, 3.8) is 0 Å². The molecule has 0 aliphatic carbocycles. The highest BCUT2D eigenvalue weighted by Crippen LogP contribution is 2.29. The number of benzene rings is 2. The van der Waals surface area contributed by atoms with Gasteiger partial charge in [0, 0.05) is 63.0 Å². The molecule has 1 aliphatic heterocycles. The van der Waals surface area contributed by atoms with Gasteiger partial charge < -0.3 is 24.3 Å². The topological polar surface area (TPSA) is 75.0 Å². The van der Waals surface area contributed by atoms with E-state index in [0.717, 1.165) is 6.07 Å². The number of morpholine rings is 1. The number of nitrogens with zero attached hydrogens (tertiary/aromatic N) is 2. The average Bonchev–Trinajstić information content (AvgIpc) is 2.81. The third-order valence-corrected chi connectivity index (χ3v) is 5.82. The summed E-state index contributed by atoms with van der Waals surface area (Å²) in [5.74, 6) is -1.13. The van der Waals surface area contributed by atoms with Crippen LogP contribution >= 0.6 is 0 Å². The first-order valence-electron chi connectivity index (χ1n) is 11.1. The van der Waals surface area contributed by atoms with Gasteiger partial charge in [0.25, 0.3) is 5.91 Å². The number of amides is 1. The van der Waals surface area contributed by atoms with Crippen LogP contribution in [0.1, 0.15) is 34.5 Å². The van der Waals surface area contributed by atoms with Crippen LogP contribution in [0.4, 0.5) is 14.7 Å². The predicted molar refractivity (Wildman–Crippen MR) is 125 cm³/mol. The van der Waals surface area contributed by atoms with E-state index in [-0.39, 0.29) is 17.9 Å². The standard InChI is InChI=1S/C25H27F2N3O4/c1-15(28-14-16-8-18(26)12-19(27)9-16)20-10-17(25(32)29(2)3)11-21-22(31)13-23(34-24(20)21)30-4-6-33-7-5-30/h8-13,15,28H,4-7,14H2,1-3H3/t15-/m0/s1. The maximum absolute atomic E-state index is 13.6. The van der Waals surface area contributed by atoms with Crippen molar-refractivity contribution < 1.29 is 22.7 Å². The van der Waals surface area contributed by atoms with Gasteiger partial charge in [-0.3, -0.25) is 9.59 Å². The van der Waals surface area contributed by atoms with Crippen LogP contribution in [0.15, 0.2) is 45.6 Å². The number of fused-ring (bicyclic) bond motifs is 1. The first-order valence-corrected chi connectivity index (χ1v) is 11.1. The van der Waals surface area contributed by atoms with E-state index in [1.165, 1.54) is 23.1 Å². The summed E-state index contributed by atoms with van der Waals surface area (Å²) in [6, 6.07) is 7.61. The number of ether oxygens (including phenoxy) is 1. The summed E-state index contributed by atoms with van der Waals surface area (Å²) in [5.41, 5.74) is 1.51.